The molecule has 0 aliphatic rings. The summed E-state index contributed by atoms with van der Waals surface area (Å²) in [6.07, 6.45) is 0. The van der Waals surface area contributed by atoms with Gasteiger partial charge in [0, 0.05) is 12.7 Å². The standard InChI is InChI=1S/C15H23N3O2/c1-11(2)12-5-7-13(8-6-12)17-15(20)10-18(4)9-14(19)16-3/h5-8,11H,9-10H2,1-4H3,(H,16,19)(H,17,20). The van der Waals surface area contributed by atoms with Gasteiger partial charge in [0.05, 0.1) is 13.1 Å². The molecule has 110 valence electrons. The normalized spacial score (nSPS) is 10.7. The first-order chi connectivity index (χ1) is 9.42. The van der Waals surface area contributed by atoms with E-state index in [2.05, 4.69) is 24.5 Å². The lowest BCUT2D eigenvalue weighted by Crippen LogP contribution is -2.37. The van der Waals surface area contributed by atoms with E-state index in [0.717, 1.165) is 5.69 Å². The Morgan fingerprint density at radius 2 is 1.65 bits per heavy atom. The Morgan fingerprint density at radius 3 is 2.15 bits per heavy atom. The minimum atomic E-state index is -0.131. The average Bonchev–Trinajstić information content (AvgIpc) is 2.38. The first-order valence-electron chi connectivity index (χ1n) is 6.71. The smallest absolute Gasteiger partial charge is 0.238 e. The number of amides is 2. The van der Waals surface area contributed by atoms with E-state index in [1.807, 2.05) is 24.3 Å². The molecular formula is C15H23N3O2. The van der Waals surface area contributed by atoms with Crippen LogP contribution in [-0.4, -0.2) is 43.9 Å². The van der Waals surface area contributed by atoms with Crippen LogP contribution in [0.3, 0.4) is 0 Å². The van der Waals surface area contributed by atoms with Crippen LogP contribution in [0.25, 0.3) is 0 Å². The van der Waals surface area contributed by atoms with Crippen LogP contribution in [0.15, 0.2) is 24.3 Å². The Hall–Kier alpha value is -1.88. The molecule has 0 saturated carbocycles. The molecule has 0 radical (unpaired) electrons. The summed E-state index contributed by atoms with van der Waals surface area (Å²) < 4.78 is 0. The summed E-state index contributed by atoms with van der Waals surface area (Å²) in [4.78, 5) is 24.7. The second-order valence-electron chi connectivity index (χ2n) is 5.17. The lowest BCUT2D eigenvalue weighted by Gasteiger charge is -2.15. The number of anilines is 1. The molecule has 0 bridgehead atoms. The Kier molecular flexibility index (Phi) is 6.18. The molecule has 0 atom stereocenters. The highest BCUT2D eigenvalue weighted by molar-refractivity contribution is 5.92. The van der Waals surface area contributed by atoms with Crippen molar-refractivity contribution in [3.63, 3.8) is 0 Å². The van der Waals surface area contributed by atoms with Crippen molar-refractivity contribution in [3.8, 4) is 0 Å². The zero-order valence-electron chi connectivity index (χ0n) is 12.6. The lowest BCUT2D eigenvalue weighted by molar-refractivity contribution is -0.122. The van der Waals surface area contributed by atoms with Crippen LogP contribution in [-0.2, 0) is 9.59 Å². The predicted octanol–water partition coefficient (Wildman–Crippen LogP) is 1.43. The van der Waals surface area contributed by atoms with Crippen molar-refractivity contribution >= 4 is 17.5 Å². The van der Waals surface area contributed by atoms with Crippen LogP contribution >= 0.6 is 0 Å². The molecule has 5 heteroatoms. The maximum absolute atomic E-state index is 11.8. The molecule has 0 unspecified atom stereocenters. The molecule has 20 heavy (non-hydrogen) atoms. The van der Waals surface area contributed by atoms with Gasteiger partial charge in [-0.05, 0) is 30.7 Å². The molecule has 0 spiro atoms. The van der Waals surface area contributed by atoms with Gasteiger partial charge < -0.3 is 10.6 Å². The van der Waals surface area contributed by atoms with E-state index >= 15 is 0 Å². The molecule has 2 amide bonds. The molecule has 0 fully saturated rings. The summed E-state index contributed by atoms with van der Waals surface area (Å²) in [6, 6.07) is 7.81. The molecular weight excluding hydrogens is 254 g/mol. The largest absolute Gasteiger partial charge is 0.358 e. The molecule has 0 aliphatic carbocycles. The van der Waals surface area contributed by atoms with Gasteiger partial charge in [0.2, 0.25) is 11.8 Å². The third-order valence-corrected chi connectivity index (χ3v) is 2.97. The molecule has 0 heterocycles. The highest BCUT2D eigenvalue weighted by Crippen LogP contribution is 2.16. The first-order valence-corrected chi connectivity index (χ1v) is 6.71. The summed E-state index contributed by atoms with van der Waals surface area (Å²) in [5.41, 5.74) is 2.01. The minimum Gasteiger partial charge on any atom is -0.358 e. The molecule has 5 nitrogen and oxygen atoms in total. The van der Waals surface area contributed by atoms with Gasteiger partial charge in [-0.25, -0.2) is 0 Å². The van der Waals surface area contributed by atoms with Crippen molar-refractivity contribution in [1.82, 2.24) is 10.2 Å². The van der Waals surface area contributed by atoms with Gasteiger partial charge in [0.25, 0.3) is 0 Å². The van der Waals surface area contributed by atoms with Gasteiger partial charge in [-0.2, -0.15) is 0 Å². The molecule has 1 rings (SSSR count). The molecule has 0 aromatic heterocycles. The van der Waals surface area contributed by atoms with Crippen molar-refractivity contribution in [1.29, 1.82) is 0 Å². The van der Waals surface area contributed by atoms with E-state index in [-0.39, 0.29) is 24.9 Å². The quantitative estimate of drug-likeness (QED) is 0.827. The number of likely N-dealkylation sites (N-methyl/N-ethyl adjacent to an activating group) is 2. The van der Waals surface area contributed by atoms with Crippen molar-refractivity contribution in [3.05, 3.63) is 29.8 Å². The van der Waals surface area contributed by atoms with E-state index in [9.17, 15) is 9.59 Å². The second-order valence-corrected chi connectivity index (χ2v) is 5.17. The molecule has 2 N–H and O–H groups in total. The maximum Gasteiger partial charge on any atom is 0.238 e. The Labute approximate surface area is 120 Å². The second kappa shape index (κ2) is 7.65. The SMILES string of the molecule is CNC(=O)CN(C)CC(=O)Nc1ccc(C(C)C)cc1. The van der Waals surface area contributed by atoms with Gasteiger partial charge in [-0.1, -0.05) is 26.0 Å². The Balaban J connectivity index is 2.47. The topological polar surface area (TPSA) is 61.4 Å². The third kappa shape index (κ3) is 5.40. The molecule has 0 aliphatic heterocycles. The Morgan fingerprint density at radius 1 is 1.10 bits per heavy atom. The van der Waals surface area contributed by atoms with Crippen molar-refractivity contribution in [2.45, 2.75) is 19.8 Å². The van der Waals surface area contributed by atoms with Crippen LogP contribution in [0.1, 0.15) is 25.3 Å². The number of hydrogen-bond acceptors (Lipinski definition) is 3. The number of rotatable bonds is 6. The zero-order chi connectivity index (χ0) is 15.1. The number of nitrogens with zero attached hydrogens (tertiary/aromatic N) is 1. The van der Waals surface area contributed by atoms with Crippen molar-refractivity contribution in [2.24, 2.45) is 0 Å². The van der Waals surface area contributed by atoms with Crippen molar-refractivity contribution < 1.29 is 9.59 Å². The fraction of sp³-hybridized carbons (Fsp3) is 0.467. The number of nitrogens with one attached hydrogen (secondary N) is 2. The fourth-order valence-electron chi connectivity index (χ4n) is 1.78. The number of hydrogen-bond donors (Lipinski definition) is 2. The van der Waals surface area contributed by atoms with Gasteiger partial charge in [-0.15, -0.1) is 0 Å². The van der Waals surface area contributed by atoms with E-state index in [1.165, 1.54) is 5.56 Å². The minimum absolute atomic E-state index is 0.110. The average molecular weight is 277 g/mol. The number of benzene rings is 1. The van der Waals surface area contributed by atoms with E-state index in [4.69, 9.17) is 0 Å². The van der Waals surface area contributed by atoms with E-state index < -0.39 is 0 Å². The molecule has 1 aromatic rings. The lowest BCUT2D eigenvalue weighted by atomic mass is 10.0. The van der Waals surface area contributed by atoms with Crippen LogP contribution in [0.2, 0.25) is 0 Å². The van der Waals surface area contributed by atoms with Crippen LogP contribution in [0, 0.1) is 0 Å². The highest BCUT2D eigenvalue weighted by atomic mass is 16.2. The number of carbonyl (C=O) groups is 2. The van der Waals surface area contributed by atoms with E-state index in [1.54, 1.807) is 19.0 Å². The van der Waals surface area contributed by atoms with Gasteiger partial charge in [-0.3, -0.25) is 14.5 Å². The van der Waals surface area contributed by atoms with Gasteiger partial charge in [0.1, 0.15) is 0 Å². The number of carbonyl (C=O) groups excluding carboxylic acids is 2. The first kappa shape index (κ1) is 16.2. The van der Waals surface area contributed by atoms with Crippen LogP contribution < -0.4 is 10.6 Å². The zero-order valence-corrected chi connectivity index (χ0v) is 12.6. The highest BCUT2D eigenvalue weighted by Gasteiger charge is 2.10. The van der Waals surface area contributed by atoms with Gasteiger partial charge >= 0.3 is 0 Å². The summed E-state index contributed by atoms with van der Waals surface area (Å²) in [6.45, 7) is 4.64. The van der Waals surface area contributed by atoms with Crippen LogP contribution in [0.5, 0.6) is 0 Å². The van der Waals surface area contributed by atoms with Crippen LogP contribution in [0.4, 0.5) is 5.69 Å². The summed E-state index contributed by atoms with van der Waals surface area (Å²) in [7, 11) is 3.31. The van der Waals surface area contributed by atoms with Crippen molar-refractivity contribution in [2.75, 3.05) is 32.5 Å². The fourth-order valence-corrected chi connectivity index (χ4v) is 1.78. The van der Waals surface area contributed by atoms with Gasteiger partial charge in [0.15, 0.2) is 0 Å². The summed E-state index contributed by atoms with van der Waals surface area (Å²) in [5.74, 6) is 0.230. The van der Waals surface area contributed by atoms with E-state index in [0.29, 0.717) is 5.92 Å². The Bertz CT molecular complexity index is 455. The monoisotopic (exact) mass is 277 g/mol. The summed E-state index contributed by atoms with van der Waals surface area (Å²) >= 11 is 0. The molecule has 1 aromatic carbocycles. The summed E-state index contributed by atoms with van der Waals surface area (Å²) in [5, 5.41) is 5.34. The third-order valence-electron chi connectivity index (χ3n) is 2.97. The molecule has 0 saturated heterocycles. The maximum atomic E-state index is 11.8. The predicted molar refractivity (Wildman–Crippen MR) is 80.7 cm³/mol.